The van der Waals surface area contributed by atoms with Crippen LogP contribution in [0.25, 0.3) is 0 Å². The van der Waals surface area contributed by atoms with Gasteiger partial charge in [0.05, 0.1) is 16.4 Å². The molecule has 0 aromatic heterocycles. The van der Waals surface area contributed by atoms with Gasteiger partial charge < -0.3 is 16.0 Å². The Morgan fingerprint density at radius 2 is 2.11 bits per heavy atom. The smallest absolute Gasteiger partial charge is 0.244 e. The van der Waals surface area contributed by atoms with Crippen molar-refractivity contribution in [3.63, 3.8) is 0 Å². The molecule has 0 saturated carbocycles. The minimum atomic E-state index is -0.556. The summed E-state index contributed by atoms with van der Waals surface area (Å²) in [4.78, 5) is 13.9. The highest BCUT2D eigenvalue weighted by molar-refractivity contribution is 6.31. The first-order chi connectivity index (χ1) is 8.99. The SMILES string of the molecule is CC(Nc1cc(F)c(Cl)cc1N)C(=O)N1CCCC1. The van der Waals surface area contributed by atoms with E-state index in [-0.39, 0.29) is 10.9 Å². The summed E-state index contributed by atoms with van der Waals surface area (Å²) < 4.78 is 13.4. The van der Waals surface area contributed by atoms with Crippen LogP contribution in [0.3, 0.4) is 0 Å². The maximum atomic E-state index is 13.4. The van der Waals surface area contributed by atoms with Crippen molar-refractivity contribution >= 4 is 28.9 Å². The maximum Gasteiger partial charge on any atom is 0.244 e. The first kappa shape index (κ1) is 13.9. The number of anilines is 2. The van der Waals surface area contributed by atoms with Gasteiger partial charge in [0.2, 0.25) is 5.91 Å². The normalized spacial score (nSPS) is 16.5. The Kier molecular flexibility index (Phi) is 4.14. The highest BCUT2D eigenvalue weighted by Gasteiger charge is 2.23. The number of carbonyl (C=O) groups excluding carboxylic acids is 1. The molecule has 19 heavy (non-hydrogen) atoms. The highest BCUT2D eigenvalue weighted by Crippen LogP contribution is 2.26. The molecule has 1 aliphatic rings. The summed E-state index contributed by atoms with van der Waals surface area (Å²) in [6, 6.07) is 2.11. The topological polar surface area (TPSA) is 58.4 Å². The van der Waals surface area contributed by atoms with Crippen molar-refractivity contribution in [3.05, 3.63) is 23.0 Å². The van der Waals surface area contributed by atoms with Gasteiger partial charge in [-0.1, -0.05) is 11.6 Å². The Morgan fingerprint density at radius 1 is 1.47 bits per heavy atom. The molecular weight excluding hydrogens is 269 g/mol. The fourth-order valence-electron chi connectivity index (χ4n) is 2.19. The third-order valence-electron chi connectivity index (χ3n) is 3.25. The number of nitrogens with one attached hydrogen (secondary N) is 1. The molecule has 1 saturated heterocycles. The molecule has 1 fully saturated rings. The van der Waals surface area contributed by atoms with E-state index >= 15 is 0 Å². The minimum absolute atomic E-state index is 0.00672. The van der Waals surface area contributed by atoms with Gasteiger partial charge >= 0.3 is 0 Å². The van der Waals surface area contributed by atoms with E-state index in [9.17, 15) is 9.18 Å². The summed E-state index contributed by atoms with van der Waals surface area (Å²) >= 11 is 5.63. The quantitative estimate of drug-likeness (QED) is 0.839. The van der Waals surface area contributed by atoms with E-state index in [2.05, 4.69) is 5.32 Å². The van der Waals surface area contributed by atoms with Crippen LogP contribution in [0.4, 0.5) is 15.8 Å². The number of halogens is 2. The van der Waals surface area contributed by atoms with Crippen LogP contribution in [-0.4, -0.2) is 29.9 Å². The second-order valence-electron chi connectivity index (χ2n) is 4.75. The molecule has 1 aromatic rings. The van der Waals surface area contributed by atoms with Crippen molar-refractivity contribution in [2.24, 2.45) is 0 Å². The molecule has 1 aliphatic heterocycles. The minimum Gasteiger partial charge on any atom is -0.397 e. The number of likely N-dealkylation sites (tertiary alicyclic amines) is 1. The Labute approximate surface area is 116 Å². The number of carbonyl (C=O) groups is 1. The number of hydrogen-bond acceptors (Lipinski definition) is 3. The Bertz CT molecular complexity index is 489. The molecule has 1 amide bonds. The van der Waals surface area contributed by atoms with Gasteiger partial charge in [0.15, 0.2) is 0 Å². The fourth-order valence-corrected chi connectivity index (χ4v) is 2.37. The Balaban J connectivity index is 2.08. The number of hydrogen-bond donors (Lipinski definition) is 2. The number of nitrogens with two attached hydrogens (primary N) is 1. The van der Waals surface area contributed by atoms with E-state index in [1.807, 2.05) is 0 Å². The van der Waals surface area contributed by atoms with E-state index < -0.39 is 11.9 Å². The lowest BCUT2D eigenvalue weighted by Crippen LogP contribution is -2.39. The summed E-state index contributed by atoms with van der Waals surface area (Å²) in [5.74, 6) is -0.550. The molecule has 2 rings (SSSR count). The molecular formula is C13H17ClFN3O. The van der Waals surface area contributed by atoms with Crippen LogP contribution in [-0.2, 0) is 4.79 Å². The first-order valence-electron chi connectivity index (χ1n) is 6.29. The number of amides is 1. The molecule has 3 N–H and O–H groups in total. The van der Waals surface area contributed by atoms with Crippen molar-refractivity contribution in [2.45, 2.75) is 25.8 Å². The molecule has 1 unspecified atom stereocenters. The number of benzene rings is 1. The predicted octanol–water partition coefficient (Wildman–Crippen LogP) is 2.48. The molecule has 1 heterocycles. The molecule has 0 radical (unpaired) electrons. The third-order valence-corrected chi connectivity index (χ3v) is 3.54. The van der Waals surface area contributed by atoms with Crippen LogP contribution in [0, 0.1) is 5.82 Å². The molecule has 6 heteroatoms. The van der Waals surface area contributed by atoms with Gasteiger partial charge in [0.1, 0.15) is 11.9 Å². The van der Waals surface area contributed by atoms with Gasteiger partial charge in [-0.3, -0.25) is 4.79 Å². The lowest BCUT2D eigenvalue weighted by atomic mass is 10.2. The number of nitrogens with zero attached hydrogens (tertiary/aromatic N) is 1. The summed E-state index contributed by atoms with van der Waals surface area (Å²) in [5.41, 5.74) is 6.47. The van der Waals surface area contributed by atoms with Gasteiger partial charge in [-0.05, 0) is 25.8 Å². The molecule has 4 nitrogen and oxygen atoms in total. The predicted molar refractivity (Wildman–Crippen MR) is 74.7 cm³/mol. The zero-order valence-corrected chi connectivity index (χ0v) is 11.5. The van der Waals surface area contributed by atoms with Gasteiger partial charge in [-0.2, -0.15) is 0 Å². The van der Waals surface area contributed by atoms with Crippen molar-refractivity contribution < 1.29 is 9.18 Å². The second kappa shape index (κ2) is 5.65. The zero-order chi connectivity index (χ0) is 14.0. The largest absolute Gasteiger partial charge is 0.397 e. The lowest BCUT2D eigenvalue weighted by Gasteiger charge is -2.22. The van der Waals surface area contributed by atoms with E-state index in [0.29, 0.717) is 11.4 Å². The third kappa shape index (κ3) is 3.10. The Hall–Kier alpha value is -1.49. The highest BCUT2D eigenvalue weighted by atomic mass is 35.5. The van der Waals surface area contributed by atoms with E-state index in [4.69, 9.17) is 17.3 Å². The van der Waals surface area contributed by atoms with E-state index in [0.717, 1.165) is 25.9 Å². The average Bonchev–Trinajstić information content (AvgIpc) is 2.88. The summed E-state index contributed by atoms with van der Waals surface area (Å²) in [6.45, 7) is 3.32. The van der Waals surface area contributed by atoms with Crippen molar-refractivity contribution in [2.75, 3.05) is 24.1 Å². The van der Waals surface area contributed by atoms with Gasteiger partial charge in [0.25, 0.3) is 0 Å². The zero-order valence-electron chi connectivity index (χ0n) is 10.7. The van der Waals surface area contributed by atoms with Crippen LogP contribution >= 0.6 is 11.6 Å². The van der Waals surface area contributed by atoms with Gasteiger partial charge in [0, 0.05) is 19.2 Å². The first-order valence-corrected chi connectivity index (χ1v) is 6.66. The van der Waals surface area contributed by atoms with Gasteiger partial charge in [-0.15, -0.1) is 0 Å². The summed E-state index contributed by atoms with van der Waals surface area (Å²) in [5, 5.41) is 2.91. The lowest BCUT2D eigenvalue weighted by molar-refractivity contribution is -0.130. The standard InChI is InChI=1S/C13H17ClFN3O/c1-8(13(19)18-4-2-3-5-18)17-12-7-10(15)9(14)6-11(12)16/h6-8,17H,2-5,16H2,1H3. The van der Waals surface area contributed by atoms with Crippen molar-refractivity contribution in [1.82, 2.24) is 4.90 Å². The van der Waals surface area contributed by atoms with E-state index in [1.54, 1.807) is 11.8 Å². The molecule has 0 bridgehead atoms. The molecule has 1 aromatic carbocycles. The Morgan fingerprint density at radius 3 is 2.74 bits per heavy atom. The monoisotopic (exact) mass is 285 g/mol. The second-order valence-corrected chi connectivity index (χ2v) is 5.16. The van der Waals surface area contributed by atoms with Crippen molar-refractivity contribution in [3.8, 4) is 0 Å². The van der Waals surface area contributed by atoms with Crippen molar-refractivity contribution in [1.29, 1.82) is 0 Å². The fraction of sp³-hybridized carbons (Fsp3) is 0.462. The summed E-state index contributed by atoms with van der Waals surface area (Å²) in [6.07, 6.45) is 2.08. The van der Waals surface area contributed by atoms with Crippen LogP contribution < -0.4 is 11.1 Å². The van der Waals surface area contributed by atoms with Gasteiger partial charge in [-0.25, -0.2) is 4.39 Å². The van der Waals surface area contributed by atoms with Crippen LogP contribution in [0.1, 0.15) is 19.8 Å². The molecule has 0 spiro atoms. The molecule has 0 aliphatic carbocycles. The van der Waals surface area contributed by atoms with Crippen LogP contribution in [0.5, 0.6) is 0 Å². The molecule has 104 valence electrons. The average molecular weight is 286 g/mol. The molecule has 1 atom stereocenters. The number of nitrogen functional groups attached to an aromatic ring is 1. The summed E-state index contributed by atoms with van der Waals surface area (Å²) in [7, 11) is 0. The number of rotatable bonds is 3. The van der Waals surface area contributed by atoms with E-state index in [1.165, 1.54) is 12.1 Å². The van der Waals surface area contributed by atoms with Crippen LogP contribution in [0.2, 0.25) is 5.02 Å². The maximum absolute atomic E-state index is 13.4. The van der Waals surface area contributed by atoms with Crippen LogP contribution in [0.15, 0.2) is 12.1 Å².